The summed E-state index contributed by atoms with van der Waals surface area (Å²) in [6.45, 7) is 4.91. The molecule has 2 aromatic heterocycles. The van der Waals surface area contributed by atoms with Gasteiger partial charge in [-0.15, -0.1) is 5.10 Å². The SMILES string of the molecule is Cc1cc(C)n(CC2CCCO2)c(=O)c1C(=O)NCc1nnnn1-c1ccccc1. The van der Waals surface area contributed by atoms with Gasteiger partial charge in [-0.2, -0.15) is 4.68 Å². The van der Waals surface area contributed by atoms with Gasteiger partial charge in [0.25, 0.3) is 11.5 Å². The molecule has 0 spiro atoms. The average molecular weight is 408 g/mol. The molecule has 9 heteroatoms. The predicted molar refractivity (Wildman–Crippen MR) is 109 cm³/mol. The van der Waals surface area contributed by atoms with Crippen molar-refractivity contribution in [2.24, 2.45) is 0 Å². The summed E-state index contributed by atoms with van der Waals surface area (Å²) < 4.78 is 8.85. The predicted octanol–water partition coefficient (Wildman–Crippen LogP) is 1.55. The molecule has 1 fully saturated rings. The standard InChI is InChI=1S/C21H24N6O3/c1-14-11-15(2)26(13-17-9-6-10-30-17)21(29)19(14)20(28)22-12-18-23-24-25-27(18)16-7-4-3-5-8-16/h3-5,7-8,11,17H,6,9-10,12-13H2,1-2H3,(H,22,28). The number of para-hydroxylation sites is 1. The van der Waals surface area contributed by atoms with Crippen molar-refractivity contribution in [1.29, 1.82) is 0 Å². The van der Waals surface area contributed by atoms with E-state index in [1.54, 1.807) is 16.2 Å². The van der Waals surface area contributed by atoms with Crippen LogP contribution >= 0.6 is 0 Å². The molecule has 3 heterocycles. The maximum absolute atomic E-state index is 13.1. The van der Waals surface area contributed by atoms with Crippen molar-refractivity contribution in [3.63, 3.8) is 0 Å². The van der Waals surface area contributed by atoms with Crippen molar-refractivity contribution in [3.05, 3.63) is 69.4 Å². The Kier molecular flexibility index (Phi) is 5.71. The summed E-state index contributed by atoms with van der Waals surface area (Å²) in [7, 11) is 0. The van der Waals surface area contributed by atoms with Crippen LogP contribution < -0.4 is 10.9 Å². The number of carbonyl (C=O) groups excluding carboxylic acids is 1. The fourth-order valence-corrected chi connectivity index (χ4v) is 3.76. The number of carbonyl (C=O) groups is 1. The number of amides is 1. The molecule has 1 N–H and O–H groups in total. The highest BCUT2D eigenvalue weighted by atomic mass is 16.5. The zero-order valence-corrected chi connectivity index (χ0v) is 17.0. The molecule has 1 amide bonds. The van der Waals surface area contributed by atoms with Crippen LogP contribution in [0.1, 0.15) is 40.3 Å². The molecule has 1 saturated heterocycles. The van der Waals surface area contributed by atoms with E-state index in [9.17, 15) is 9.59 Å². The number of nitrogens with zero attached hydrogens (tertiary/aromatic N) is 5. The van der Waals surface area contributed by atoms with Crippen LogP contribution in [0.15, 0.2) is 41.2 Å². The monoisotopic (exact) mass is 408 g/mol. The fourth-order valence-electron chi connectivity index (χ4n) is 3.76. The molecule has 1 aliphatic rings. The van der Waals surface area contributed by atoms with Crippen LogP contribution in [-0.4, -0.2) is 43.4 Å². The molecule has 156 valence electrons. The van der Waals surface area contributed by atoms with E-state index in [0.29, 0.717) is 24.5 Å². The van der Waals surface area contributed by atoms with Crippen molar-refractivity contribution in [2.45, 2.75) is 45.9 Å². The summed E-state index contributed by atoms with van der Waals surface area (Å²) in [6, 6.07) is 11.3. The molecular formula is C21H24N6O3. The topological polar surface area (TPSA) is 104 Å². The summed E-state index contributed by atoms with van der Waals surface area (Å²) in [6.07, 6.45) is 1.92. The number of nitrogens with one attached hydrogen (secondary N) is 1. The van der Waals surface area contributed by atoms with E-state index in [1.165, 1.54) is 0 Å². The Morgan fingerprint density at radius 3 is 2.80 bits per heavy atom. The lowest BCUT2D eigenvalue weighted by Crippen LogP contribution is -2.37. The maximum atomic E-state index is 13.1. The summed E-state index contributed by atoms with van der Waals surface area (Å²) in [5, 5.41) is 14.5. The third-order valence-electron chi connectivity index (χ3n) is 5.28. The van der Waals surface area contributed by atoms with Crippen LogP contribution in [0.4, 0.5) is 0 Å². The van der Waals surface area contributed by atoms with E-state index in [2.05, 4.69) is 20.8 Å². The second kappa shape index (κ2) is 8.58. The van der Waals surface area contributed by atoms with Crippen LogP contribution in [0.2, 0.25) is 0 Å². The fraction of sp³-hybridized carbons (Fsp3) is 0.381. The van der Waals surface area contributed by atoms with Gasteiger partial charge >= 0.3 is 0 Å². The van der Waals surface area contributed by atoms with E-state index in [4.69, 9.17) is 4.74 Å². The van der Waals surface area contributed by atoms with Crippen molar-refractivity contribution in [3.8, 4) is 5.69 Å². The van der Waals surface area contributed by atoms with Crippen molar-refractivity contribution < 1.29 is 9.53 Å². The van der Waals surface area contributed by atoms with Crippen molar-refractivity contribution >= 4 is 5.91 Å². The number of hydrogen-bond donors (Lipinski definition) is 1. The van der Waals surface area contributed by atoms with Crippen molar-refractivity contribution in [1.82, 2.24) is 30.1 Å². The van der Waals surface area contributed by atoms with E-state index >= 15 is 0 Å². The van der Waals surface area contributed by atoms with Crippen LogP contribution in [0, 0.1) is 13.8 Å². The van der Waals surface area contributed by atoms with Crippen molar-refractivity contribution in [2.75, 3.05) is 6.61 Å². The van der Waals surface area contributed by atoms with E-state index in [-0.39, 0.29) is 23.8 Å². The third kappa shape index (κ3) is 4.02. The highest BCUT2D eigenvalue weighted by Crippen LogP contribution is 2.15. The first-order chi connectivity index (χ1) is 14.5. The van der Waals surface area contributed by atoms with Gasteiger partial charge in [0.2, 0.25) is 0 Å². The number of aromatic nitrogens is 5. The first kappa shape index (κ1) is 20.0. The van der Waals surface area contributed by atoms with Gasteiger partial charge in [0.15, 0.2) is 5.82 Å². The largest absolute Gasteiger partial charge is 0.376 e. The number of rotatable bonds is 6. The normalized spacial score (nSPS) is 16.0. The van der Waals surface area contributed by atoms with Gasteiger partial charge < -0.3 is 14.6 Å². The molecule has 3 aromatic rings. The summed E-state index contributed by atoms with van der Waals surface area (Å²) >= 11 is 0. The summed E-state index contributed by atoms with van der Waals surface area (Å²) in [5.74, 6) is 0.0280. The highest BCUT2D eigenvalue weighted by Gasteiger charge is 2.22. The molecule has 0 radical (unpaired) electrons. The van der Waals surface area contributed by atoms with Gasteiger partial charge in [0.1, 0.15) is 5.56 Å². The van der Waals surface area contributed by atoms with Gasteiger partial charge in [-0.25, -0.2) is 0 Å². The molecular weight excluding hydrogens is 384 g/mol. The number of tetrazole rings is 1. The number of pyridine rings is 1. The molecule has 1 aliphatic heterocycles. The van der Waals surface area contributed by atoms with Gasteiger partial charge in [-0.05, 0) is 60.9 Å². The Bertz CT molecular complexity index is 1100. The zero-order valence-electron chi connectivity index (χ0n) is 17.0. The minimum atomic E-state index is -0.443. The quantitative estimate of drug-likeness (QED) is 0.664. The van der Waals surface area contributed by atoms with Gasteiger partial charge in [0, 0.05) is 12.3 Å². The molecule has 1 unspecified atom stereocenters. The molecule has 1 aromatic carbocycles. The van der Waals surface area contributed by atoms with E-state index < -0.39 is 5.91 Å². The molecule has 9 nitrogen and oxygen atoms in total. The Labute approximate surface area is 173 Å². The molecule has 0 bridgehead atoms. The number of hydrogen-bond acceptors (Lipinski definition) is 6. The molecule has 4 rings (SSSR count). The first-order valence-corrected chi connectivity index (χ1v) is 9.98. The smallest absolute Gasteiger partial charge is 0.263 e. The molecule has 1 atom stereocenters. The highest BCUT2D eigenvalue weighted by molar-refractivity contribution is 5.95. The second-order valence-corrected chi connectivity index (χ2v) is 7.42. The summed E-state index contributed by atoms with van der Waals surface area (Å²) in [4.78, 5) is 26.0. The maximum Gasteiger partial charge on any atom is 0.263 e. The van der Waals surface area contributed by atoms with E-state index in [0.717, 1.165) is 24.2 Å². The van der Waals surface area contributed by atoms with Crippen LogP contribution in [0.5, 0.6) is 0 Å². The minimum Gasteiger partial charge on any atom is -0.376 e. The number of benzene rings is 1. The van der Waals surface area contributed by atoms with Crippen LogP contribution in [0.25, 0.3) is 5.69 Å². The minimum absolute atomic E-state index is 0.00974. The van der Waals surface area contributed by atoms with Crippen LogP contribution in [-0.2, 0) is 17.8 Å². The van der Waals surface area contributed by atoms with Gasteiger partial charge in [0.05, 0.1) is 24.9 Å². The van der Waals surface area contributed by atoms with Gasteiger partial charge in [-0.1, -0.05) is 18.2 Å². The lowest BCUT2D eigenvalue weighted by molar-refractivity contribution is 0.0925. The summed E-state index contributed by atoms with van der Waals surface area (Å²) in [5.41, 5.74) is 2.08. The van der Waals surface area contributed by atoms with Gasteiger partial charge in [-0.3, -0.25) is 9.59 Å². The molecule has 30 heavy (non-hydrogen) atoms. The molecule has 0 saturated carbocycles. The Morgan fingerprint density at radius 2 is 2.07 bits per heavy atom. The Hall–Kier alpha value is -3.33. The third-order valence-corrected chi connectivity index (χ3v) is 5.28. The first-order valence-electron chi connectivity index (χ1n) is 9.98. The Balaban J connectivity index is 1.54. The number of ether oxygens (including phenoxy) is 1. The Morgan fingerprint density at radius 1 is 1.27 bits per heavy atom. The lowest BCUT2D eigenvalue weighted by atomic mass is 10.1. The lowest BCUT2D eigenvalue weighted by Gasteiger charge is -2.17. The zero-order chi connectivity index (χ0) is 21.1. The second-order valence-electron chi connectivity index (χ2n) is 7.42. The molecule has 0 aliphatic carbocycles. The number of aryl methyl sites for hydroxylation is 2. The van der Waals surface area contributed by atoms with Crippen LogP contribution in [0.3, 0.4) is 0 Å². The average Bonchev–Trinajstić information content (AvgIpc) is 3.42. The van der Waals surface area contributed by atoms with E-state index in [1.807, 2.05) is 43.3 Å².